The van der Waals surface area contributed by atoms with Gasteiger partial charge in [-0.3, -0.25) is 4.98 Å². The van der Waals surface area contributed by atoms with Crippen molar-refractivity contribution in [1.29, 1.82) is 0 Å². The van der Waals surface area contributed by atoms with Gasteiger partial charge in [0.15, 0.2) is 0 Å². The summed E-state index contributed by atoms with van der Waals surface area (Å²) in [6.07, 6.45) is 4.64. The lowest BCUT2D eigenvalue weighted by molar-refractivity contribution is 0.757. The van der Waals surface area contributed by atoms with Gasteiger partial charge in [0.2, 0.25) is 0 Å². The zero-order valence-corrected chi connectivity index (χ0v) is 12.2. The van der Waals surface area contributed by atoms with Crippen LogP contribution in [-0.2, 0) is 6.54 Å². The van der Waals surface area contributed by atoms with Crippen molar-refractivity contribution < 1.29 is 0 Å². The van der Waals surface area contributed by atoms with E-state index in [2.05, 4.69) is 39.4 Å². The largest absolute Gasteiger partial charge is 0.367 e. The number of aromatic nitrogens is 3. The first-order valence-corrected chi connectivity index (χ1v) is 6.92. The van der Waals surface area contributed by atoms with E-state index < -0.39 is 0 Å². The van der Waals surface area contributed by atoms with Gasteiger partial charge in [-0.1, -0.05) is 6.92 Å². The Morgan fingerprint density at radius 1 is 1.15 bits per heavy atom. The second kappa shape index (κ2) is 6.84. The molecule has 0 aliphatic carbocycles. The third-order valence-corrected chi connectivity index (χ3v) is 3.07. The van der Waals surface area contributed by atoms with Crippen LogP contribution >= 0.6 is 0 Å². The van der Waals surface area contributed by atoms with Gasteiger partial charge in [0.1, 0.15) is 17.5 Å². The number of pyridine rings is 1. The van der Waals surface area contributed by atoms with E-state index in [0.717, 1.165) is 30.4 Å². The fourth-order valence-electron chi connectivity index (χ4n) is 1.78. The van der Waals surface area contributed by atoms with Crippen molar-refractivity contribution in [3.05, 3.63) is 42.0 Å². The highest BCUT2D eigenvalue weighted by molar-refractivity contribution is 5.48. The van der Waals surface area contributed by atoms with Crippen LogP contribution in [0.1, 0.15) is 31.7 Å². The minimum atomic E-state index is 0.400. The molecule has 0 aliphatic rings. The van der Waals surface area contributed by atoms with Crippen molar-refractivity contribution in [3.63, 3.8) is 0 Å². The lowest BCUT2D eigenvalue weighted by atomic mass is 10.2. The third-order valence-electron chi connectivity index (χ3n) is 3.07. The zero-order chi connectivity index (χ0) is 14.4. The van der Waals surface area contributed by atoms with E-state index in [0.29, 0.717) is 6.04 Å². The smallest absolute Gasteiger partial charge is 0.132 e. The lowest BCUT2D eigenvalue weighted by Crippen LogP contribution is -2.15. The summed E-state index contributed by atoms with van der Waals surface area (Å²) in [5.41, 5.74) is 1.17. The molecule has 1 atom stereocenters. The van der Waals surface area contributed by atoms with E-state index in [-0.39, 0.29) is 0 Å². The number of aryl methyl sites for hydroxylation is 1. The van der Waals surface area contributed by atoms with Crippen LogP contribution < -0.4 is 10.6 Å². The molecule has 0 spiro atoms. The Kier molecular flexibility index (Phi) is 4.87. The van der Waals surface area contributed by atoms with Crippen LogP contribution in [0.15, 0.2) is 30.6 Å². The number of hydrogen-bond donors (Lipinski definition) is 2. The fourth-order valence-corrected chi connectivity index (χ4v) is 1.78. The molecule has 106 valence electrons. The average Bonchev–Trinajstić information content (AvgIpc) is 2.45. The average molecular weight is 271 g/mol. The Morgan fingerprint density at radius 3 is 2.55 bits per heavy atom. The minimum Gasteiger partial charge on any atom is -0.367 e. The Morgan fingerprint density at radius 2 is 1.85 bits per heavy atom. The molecule has 2 N–H and O–H groups in total. The van der Waals surface area contributed by atoms with Crippen molar-refractivity contribution in [1.82, 2.24) is 15.0 Å². The van der Waals surface area contributed by atoms with Gasteiger partial charge in [0.25, 0.3) is 0 Å². The first-order valence-electron chi connectivity index (χ1n) is 6.92. The summed E-state index contributed by atoms with van der Waals surface area (Å²) in [4.78, 5) is 12.8. The maximum absolute atomic E-state index is 4.40. The fraction of sp³-hybridized carbons (Fsp3) is 0.400. The van der Waals surface area contributed by atoms with Crippen LogP contribution in [0.4, 0.5) is 11.6 Å². The van der Waals surface area contributed by atoms with Gasteiger partial charge in [0, 0.05) is 31.0 Å². The monoisotopic (exact) mass is 271 g/mol. The van der Waals surface area contributed by atoms with E-state index >= 15 is 0 Å². The molecule has 0 saturated carbocycles. The van der Waals surface area contributed by atoms with E-state index in [4.69, 9.17) is 0 Å². The van der Waals surface area contributed by atoms with Gasteiger partial charge in [-0.2, -0.15) is 0 Å². The maximum Gasteiger partial charge on any atom is 0.132 e. The predicted octanol–water partition coefficient (Wildman–Crippen LogP) is 3.00. The van der Waals surface area contributed by atoms with Crippen LogP contribution in [-0.4, -0.2) is 21.0 Å². The highest BCUT2D eigenvalue weighted by atomic mass is 15.1. The molecule has 0 aliphatic heterocycles. The van der Waals surface area contributed by atoms with Crippen LogP contribution in [0.2, 0.25) is 0 Å². The molecule has 5 nitrogen and oxygen atoms in total. The first kappa shape index (κ1) is 14.2. The quantitative estimate of drug-likeness (QED) is 0.845. The van der Waals surface area contributed by atoms with Crippen molar-refractivity contribution in [3.8, 4) is 0 Å². The van der Waals surface area contributed by atoms with Gasteiger partial charge in [-0.05, 0) is 38.0 Å². The van der Waals surface area contributed by atoms with E-state index in [1.54, 1.807) is 12.4 Å². The molecule has 0 radical (unpaired) electrons. The van der Waals surface area contributed by atoms with Gasteiger partial charge < -0.3 is 10.6 Å². The molecule has 2 aromatic heterocycles. The topological polar surface area (TPSA) is 62.7 Å². The molecular weight excluding hydrogens is 250 g/mol. The summed E-state index contributed by atoms with van der Waals surface area (Å²) in [6.45, 7) is 6.91. The van der Waals surface area contributed by atoms with Gasteiger partial charge in [-0.15, -0.1) is 0 Å². The standard InChI is InChI=1S/C15H21N5/c1-4-11(2)18-15-9-14(19-12(3)20-15)17-10-13-5-7-16-8-6-13/h5-9,11H,4,10H2,1-3H3,(H2,17,18,19,20). The van der Waals surface area contributed by atoms with Crippen molar-refractivity contribution in [2.24, 2.45) is 0 Å². The Labute approximate surface area is 119 Å². The second-order valence-electron chi connectivity index (χ2n) is 4.85. The van der Waals surface area contributed by atoms with Crippen LogP contribution in [0.3, 0.4) is 0 Å². The third kappa shape index (κ3) is 4.19. The zero-order valence-electron chi connectivity index (χ0n) is 12.2. The molecular formula is C15H21N5. The predicted molar refractivity (Wildman–Crippen MR) is 81.7 cm³/mol. The van der Waals surface area contributed by atoms with Gasteiger partial charge in [0.05, 0.1) is 0 Å². The normalized spacial score (nSPS) is 11.9. The second-order valence-corrected chi connectivity index (χ2v) is 4.85. The molecule has 0 fully saturated rings. The summed E-state index contributed by atoms with van der Waals surface area (Å²) in [6, 6.07) is 6.32. The first-order chi connectivity index (χ1) is 9.67. The number of nitrogens with one attached hydrogen (secondary N) is 2. The minimum absolute atomic E-state index is 0.400. The van der Waals surface area contributed by atoms with Crippen LogP contribution in [0.25, 0.3) is 0 Å². The van der Waals surface area contributed by atoms with E-state index in [1.165, 1.54) is 5.56 Å². The number of anilines is 2. The SMILES string of the molecule is CCC(C)Nc1cc(NCc2ccncc2)nc(C)n1. The molecule has 0 saturated heterocycles. The summed E-state index contributed by atoms with van der Waals surface area (Å²) >= 11 is 0. The van der Waals surface area contributed by atoms with E-state index in [9.17, 15) is 0 Å². The van der Waals surface area contributed by atoms with Gasteiger partial charge in [-0.25, -0.2) is 9.97 Å². The number of rotatable bonds is 6. The molecule has 0 aromatic carbocycles. The van der Waals surface area contributed by atoms with Crippen molar-refractivity contribution in [2.45, 2.75) is 39.8 Å². The molecule has 1 unspecified atom stereocenters. The molecule has 2 heterocycles. The summed E-state index contributed by atoms with van der Waals surface area (Å²) in [5.74, 6) is 2.46. The Hall–Kier alpha value is -2.17. The molecule has 2 rings (SSSR count). The van der Waals surface area contributed by atoms with E-state index in [1.807, 2.05) is 25.1 Å². The van der Waals surface area contributed by atoms with Crippen molar-refractivity contribution in [2.75, 3.05) is 10.6 Å². The highest BCUT2D eigenvalue weighted by Gasteiger charge is 2.04. The summed E-state index contributed by atoms with van der Waals surface area (Å²) in [7, 11) is 0. The number of hydrogen-bond acceptors (Lipinski definition) is 5. The molecule has 5 heteroatoms. The maximum atomic E-state index is 4.40. The molecule has 20 heavy (non-hydrogen) atoms. The summed E-state index contributed by atoms with van der Waals surface area (Å²) in [5, 5.41) is 6.68. The Balaban J connectivity index is 2.04. The number of nitrogens with zero attached hydrogens (tertiary/aromatic N) is 3. The van der Waals surface area contributed by atoms with Gasteiger partial charge >= 0.3 is 0 Å². The Bertz CT molecular complexity index is 541. The van der Waals surface area contributed by atoms with Crippen LogP contribution in [0.5, 0.6) is 0 Å². The molecule has 0 bridgehead atoms. The van der Waals surface area contributed by atoms with Crippen molar-refractivity contribution >= 4 is 11.6 Å². The lowest BCUT2D eigenvalue weighted by Gasteiger charge is -2.14. The molecule has 2 aromatic rings. The summed E-state index contributed by atoms with van der Waals surface area (Å²) < 4.78 is 0. The molecule has 0 amide bonds. The highest BCUT2D eigenvalue weighted by Crippen LogP contribution is 2.13. The van der Waals surface area contributed by atoms with Crippen LogP contribution in [0, 0.1) is 6.92 Å².